The van der Waals surface area contributed by atoms with E-state index in [0.29, 0.717) is 0 Å². The summed E-state index contributed by atoms with van der Waals surface area (Å²) >= 11 is 0. The minimum atomic E-state index is 0.260. The molecule has 1 aromatic heterocycles. The molecule has 0 N–H and O–H groups in total. The van der Waals surface area contributed by atoms with E-state index in [1.54, 1.807) is 0 Å². The fourth-order valence-corrected chi connectivity index (χ4v) is 2.80. The zero-order chi connectivity index (χ0) is 14.8. The lowest BCUT2D eigenvalue weighted by molar-refractivity contribution is 0.366. The summed E-state index contributed by atoms with van der Waals surface area (Å²) in [7, 11) is 0. The SMILES string of the molecule is CCCCCCCC(C)(CCCC)c1cnc(C)nc1. The van der Waals surface area contributed by atoms with Gasteiger partial charge in [0.2, 0.25) is 0 Å². The van der Waals surface area contributed by atoms with Crippen LogP contribution in [0, 0.1) is 6.92 Å². The van der Waals surface area contributed by atoms with Crippen molar-refractivity contribution in [2.75, 3.05) is 0 Å². The van der Waals surface area contributed by atoms with Gasteiger partial charge in [-0.2, -0.15) is 0 Å². The maximum Gasteiger partial charge on any atom is 0.125 e. The van der Waals surface area contributed by atoms with Crippen LogP contribution in [0.1, 0.15) is 89.9 Å². The summed E-state index contributed by atoms with van der Waals surface area (Å²) in [6.07, 6.45) is 15.9. The van der Waals surface area contributed by atoms with Gasteiger partial charge in [-0.25, -0.2) is 9.97 Å². The molecule has 0 saturated heterocycles. The second-order valence-electron chi connectivity index (χ2n) is 6.35. The second kappa shape index (κ2) is 9.10. The molecule has 1 heterocycles. The third-order valence-corrected chi connectivity index (χ3v) is 4.39. The van der Waals surface area contributed by atoms with Crippen molar-refractivity contribution in [1.82, 2.24) is 9.97 Å². The summed E-state index contributed by atoms with van der Waals surface area (Å²) in [6.45, 7) is 8.90. The van der Waals surface area contributed by atoms with Crippen molar-refractivity contribution in [1.29, 1.82) is 0 Å². The second-order valence-corrected chi connectivity index (χ2v) is 6.35. The van der Waals surface area contributed by atoms with Crippen molar-refractivity contribution in [2.45, 2.75) is 90.9 Å². The molecule has 0 spiro atoms. The number of hydrogen-bond acceptors (Lipinski definition) is 2. The average Bonchev–Trinajstić information content (AvgIpc) is 2.45. The molecule has 0 aliphatic heterocycles. The Morgan fingerprint density at radius 2 is 1.40 bits per heavy atom. The minimum absolute atomic E-state index is 0.260. The predicted octanol–water partition coefficient (Wildman–Crippen LogP) is 5.59. The lowest BCUT2D eigenvalue weighted by Crippen LogP contribution is -2.22. The first-order chi connectivity index (χ1) is 9.62. The normalized spacial score (nSPS) is 14.2. The monoisotopic (exact) mass is 276 g/mol. The van der Waals surface area contributed by atoms with Crippen LogP contribution in [0.4, 0.5) is 0 Å². The number of nitrogens with zero attached hydrogens (tertiary/aromatic N) is 2. The average molecular weight is 276 g/mol. The highest BCUT2D eigenvalue weighted by Gasteiger charge is 2.26. The molecule has 1 unspecified atom stereocenters. The molecule has 0 amide bonds. The maximum absolute atomic E-state index is 4.40. The summed E-state index contributed by atoms with van der Waals surface area (Å²) in [5, 5.41) is 0. The molecule has 0 radical (unpaired) electrons. The van der Waals surface area contributed by atoms with Gasteiger partial charge in [-0.15, -0.1) is 0 Å². The summed E-state index contributed by atoms with van der Waals surface area (Å²) < 4.78 is 0. The van der Waals surface area contributed by atoms with E-state index >= 15 is 0 Å². The highest BCUT2D eigenvalue weighted by Crippen LogP contribution is 2.34. The first kappa shape index (κ1) is 17.1. The molecule has 2 heteroatoms. The molecule has 1 rings (SSSR count). The fourth-order valence-electron chi connectivity index (χ4n) is 2.80. The Morgan fingerprint density at radius 1 is 0.850 bits per heavy atom. The van der Waals surface area contributed by atoms with Crippen LogP contribution in [-0.2, 0) is 5.41 Å². The molecule has 0 aliphatic carbocycles. The van der Waals surface area contributed by atoms with E-state index in [4.69, 9.17) is 0 Å². The van der Waals surface area contributed by atoms with Gasteiger partial charge in [0.1, 0.15) is 5.82 Å². The summed E-state index contributed by atoms with van der Waals surface area (Å²) in [6, 6.07) is 0. The predicted molar refractivity (Wildman–Crippen MR) is 87.0 cm³/mol. The van der Waals surface area contributed by atoms with Gasteiger partial charge in [0.05, 0.1) is 0 Å². The number of unbranched alkanes of at least 4 members (excludes halogenated alkanes) is 5. The molecule has 0 aliphatic rings. The smallest absolute Gasteiger partial charge is 0.125 e. The first-order valence-corrected chi connectivity index (χ1v) is 8.41. The largest absolute Gasteiger partial charge is 0.241 e. The van der Waals surface area contributed by atoms with E-state index in [-0.39, 0.29) is 5.41 Å². The molecule has 0 fully saturated rings. The van der Waals surface area contributed by atoms with Crippen molar-refractivity contribution in [3.63, 3.8) is 0 Å². The van der Waals surface area contributed by atoms with E-state index in [1.807, 2.05) is 19.3 Å². The molecule has 1 aromatic rings. The van der Waals surface area contributed by atoms with E-state index in [0.717, 1.165) is 5.82 Å². The third-order valence-electron chi connectivity index (χ3n) is 4.39. The van der Waals surface area contributed by atoms with Crippen molar-refractivity contribution in [3.8, 4) is 0 Å². The van der Waals surface area contributed by atoms with Crippen LogP contribution in [0.3, 0.4) is 0 Å². The number of hydrogen-bond donors (Lipinski definition) is 0. The highest BCUT2D eigenvalue weighted by atomic mass is 14.8. The Hall–Kier alpha value is -0.920. The molecular formula is C18H32N2. The Bertz CT molecular complexity index is 358. The molecule has 114 valence electrons. The summed E-state index contributed by atoms with van der Waals surface area (Å²) in [5.74, 6) is 0.870. The fraction of sp³-hybridized carbons (Fsp3) is 0.778. The van der Waals surface area contributed by atoms with Gasteiger partial charge >= 0.3 is 0 Å². The van der Waals surface area contributed by atoms with Crippen molar-refractivity contribution >= 4 is 0 Å². The van der Waals surface area contributed by atoms with E-state index in [1.165, 1.54) is 63.4 Å². The van der Waals surface area contributed by atoms with Crippen LogP contribution in [0.15, 0.2) is 12.4 Å². The molecule has 1 atom stereocenters. The molecule has 20 heavy (non-hydrogen) atoms. The van der Waals surface area contributed by atoms with Crippen molar-refractivity contribution < 1.29 is 0 Å². The lowest BCUT2D eigenvalue weighted by Gasteiger charge is -2.30. The number of aryl methyl sites for hydroxylation is 1. The van der Waals surface area contributed by atoms with E-state index in [2.05, 4.69) is 30.7 Å². The van der Waals surface area contributed by atoms with Gasteiger partial charge in [-0.3, -0.25) is 0 Å². The Labute approximate surface area is 125 Å². The van der Waals surface area contributed by atoms with Crippen LogP contribution in [-0.4, -0.2) is 9.97 Å². The van der Waals surface area contributed by atoms with E-state index < -0.39 is 0 Å². The molecule has 0 bridgehead atoms. The third kappa shape index (κ3) is 5.60. The van der Waals surface area contributed by atoms with Crippen LogP contribution >= 0.6 is 0 Å². The van der Waals surface area contributed by atoms with Crippen molar-refractivity contribution in [3.05, 3.63) is 23.8 Å². The van der Waals surface area contributed by atoms with Gasteiger partial charge in [0, 0.05) is 12.4 Å². The quantitative estimate of drug-likeness (QED) is 0.520. The van der Waals surface area contributed by atoms with Gasteiger partial charge in [-0.05, 0) is 30.7 Å². The van der Waals surface area contributed by atoms with Gasteiger partial charge in [0.15, 0.2) is 0 Å². The highest BCUT2D eigenvalue weighted by molar-refractivity contribution is 5.18. The molecule has 2 nitrogen and oxygen atoms in total. The topological polar surface area (TPSA) is 25.8 Å². The van der Waals surface area contributed by atoms with Crippen LogP contribution in [0.2, 0.25) is 0 Å². The Kier molecular flexibility index (Phi) is 7.79. The van der Waals surface area contributed by atoms with Gasteiger partial charge < -0.3 is 0 Å². The lowest BCUT2D eigenvalue weighted by atomic mass is 9.75. The van der Waals surface area contributed by atoms with Crippen LogP contribution < -0.4 is 0 Å². The zero-order valence-corrected chi connectivity index (χ0v) is 13.9. The summed E-state index contributed by atoms with van der Waals surface area (Å²) in [5.41, 5.74) is 1.59. The zero-order valence-electron chi connectivity index (χ0n) is 13.9. The van der Waals surface area contributed by atoms with E-state index in [9.17, 15) is 0 Å². The Balaban J connectivity index is 2.62. The summed E-state index contributed by atoms with van der Waals surface area (Å²) in [4.78, 5) is 8.80. The Morgan fingerprint density at radius 3 is 2.00 bits per heavy atom. The molecule has 0 aromatic carbocycles. The number of rotatable bonds is 10. The van der Waals surface area contributed by atoms with Gasteiger partial charge in [0.25, 0.3) is 0 Å². The van der Waals surface area contributed by atoms with Crippen molar-refractivity contribution in [2.24, 2.45) is 0 Å². The standard InChI is InChI=1S/C18H32N2/c1-5-7-9-10-11-13-18(4,12-8-6-2)17-14-19-16(3)20-15-17/h14-15H,5-13H2,1-4H3. The van der Waals surface area contributed by atoms with Gasteiger partial charge in [-0.1, -0.05) is 65.7 Å². The first-order valence-electron chi connectivity index (χ1n) is 8.41. The number of aromatic nitrogens is 2. The van der Waals surface area contributed by atoms with Crippen LogP contribution in [0.5, 0.6) is 0 Å². The molecular weight excluding hydrogens is 244 g/mol. The molecule has 0 saturated carbocycles. The maximum atomic E-state index is 4.40. The van der Waals surface area contributed by atoms with Crippen LogP contribution in [0.25, 0.3) is 0 Å². The minimum Gasteiger partial charge on any atom is -0.241 e.